The number of pyridine rings is 3. The van der Waals surface area contributed by atoms with Gasteiger partial charge in [0.1, 0.15) is 11.5 Å². The lowest BCUT2D eigenvalue weighted by molar-refractivity contribution is -0.117. The molecular formula is C28H21FN8O. The molecule has 5 aromatic heterocycles. The molecule has 38 heavy (non-hydrogen) atoms. The number of fused-ring (bicyclic) bond motifs is 2. The van der Waals surface area contributed by atoms with Gasteiger partial charge in [-0.3, -0.25) is 19.9 Å². The SMILES string of the molecule is Cc1cc(F)cc(-c2ccnc3nc(-c4n[nH]c5cnc(-c6cncc(NC(=O)C7CC7)c6)cc45)[nH]c23)c1. The first-order valence-electron chi connectivity index (χ1n) is 12.2. The van der Waals surface area contributed by atoms with Crippen LogP contribution in [0.1, 0.15) is 18.4 Å². The summed E-state index contributed by atoms with van der Waals surface area (Å²) in [4.78, 5) is 33.5. The summed E-state index contributed by atoms with van der Waals surface area (Å²) in [6, 6.07) is 10.5. The summed E-state index contributed by atoms with van der Waals surface area (Å²) in [5.74, 6) is 0.356. The molecule has 6 aromatic rings. The van der Waals surface area contributed by atoms with Crippen LogP contribution in [0.25, 0.3) is 56.0 Å². The van der Waals surface area contributed by atoms with Gasteiger partial charge in [-0.1, -0.05) is 6.07 Å². The van der Waals surface area contributed by atoms with Gasteiger partial charge in [-0.15, -0.1) is 0 Å². The Kier molecular flexibility index (Phi) is 5.00. The molecule has 1 saturated carbocycles. The zero-order valence-corrected chi connectivity index (χ0v) is 20.3. The number of rotatable bonds is 5. The largest absolute Gasteiger partial charge is 0.335 e. The molecule has 9 nitrogen and oxygen atoms in total. The number of nitrogens with one attached hydrogen (secondary N) is 3. The van der Waals surface area contributed by atoms with Crippen molar-refractivity contribution >= 4 is 33.7 Å². The summed E-state index contributed by atoms with van der Waals surface area (Å²) in [5.41, 5.74) is 7.00. The Morgan fingerprint density at radius 2 is 1.95 bits per heavy atom. The van der Waals surface area contributed by atoms with Gasteiger partial charge in [0.2, 0.25) is 5.91 Å². The Bertz CT molecular complexity index is 1850. The van der Waals surface area contributed by atoms with E-state index in [1.807, 2.05) is 31.2 Å². The van der Waals surface area contributed by atoms with Gasteiger partial charge >= 0.3 is 0 Å². The Morgan fingerprint density at radius 3 is 2.79 bits per heavy atom. The smallest absolute Gasteiger partial charge is 0.227 e. The molecule has 10 heteroatoms. The average Bonchev–Trinajstić information content (AvgIpc) is 3.54. The molecular weight excluding hydrogens is 483 g/mol. The molecule has 1 amide bonds. The van der Waals surface area contributed by atoms with Gasteiger partial charge in [-0.05, 0) is 61.2 Å². The lowest BCUT2D eigenvalue weighted by Crippen LogP contribution is -2.13. The topological polar surface area (TPSA) is 125 Å². The first kappa shape index (κ1) is 22.2. The van der Waals surface area contributed by atoms with Crippen LogP contribution in [0.3, 0.4) is 0 Å². The highest BCUT2D eigenvalue weighted by Gasteiger charge is 2.29. The van der Waals surface area contributed by atoms with Gasteiger partial charge in [0.05, 0.1) is 34.8 Å². The number of H-pyrrole nitrogens is 2. The van der Waals surface area contributed by atoms with Crippen molar-refractivity contribution < 1.29 is 9.18 Å². The number of aromatic nitrogens is 7. The molecule has 0 bridgehead atoms. The Balaban J connectivity index is 1.29. The highest BCUT2D eigenvalue weighted by Crippen LogP contribution is 2.33. The summed E-state index contributed by atoms with van der Waals surface area (Å²) in [5, 5.41) is 11.2. The van der Waals surface area contributed by atoms with Crippen molar-refractivity contribution in [1.29, 1.82) is 0 Å². The number of anilines is 1. The van der Waals surface area contributed by atoms with Crippen LogP contribution in [0.2, 0.25) is 0 Å². The third kappa shape index (κ3) is 3.96. The van der Waals surface area contributed by atoms with Crippen LogP contribution in [-0.4, -0.2) is 41.0 Å². The maximum absolute atomic E-state index is 14.1. The number of imidazole rings is 1. The fourth-order valence-corrected chi connectivity index (χ4v) is 4.65. The fourth-order valence-electron chi connectivity index (χ4n) is 4.65. The molecule has 0 saturated heterocycles. The molecule has 3 N–H and O–H groups in total. The van der Waals surface area contributed by atoms with Crippen molar-refractivity contribution in [3.8, 4) is 33.9 Å². The molecule has 0 radical (unpaired) electrons. The van der Waals surface area contributed by atoms with Crippen molar-refractivity contribution in [2.75, 3.05) is 5.32 Å². The van der Waals surface area contributed by atoms with E-state index in [-0.39, 0.29) is 17.6 Å². The molecule has 0 unspecified atom stereocenters. The first-order valence-corrected chi connectivity index (χ1v) is 12.2. The average molecular weight is 505 g/mol. The number of hydrogen-bond donors (Lipinski definition) is 3. The van der Waals surface area contributed by atoms with E-state index in [0.29, 0.717) is 34.1 Å². The highest BCUT2D eigenvalue weighted by atomic mass is 19.1. The molecule has 0 atom stereocenters. The Morgan fingerprint density at radius 1 is 1.05 bits per heavy atom. The summed E-state index contributed by atoms with van der Waals surface area (Å²) in [6.45, 7) is 1.86. The highest BCUT2D eigenvalue weighted by molar-refractivity contribution is 5.97. The van der Waals surface area contributed by atoms with Gasteiger partial charge in [-0.2, -0.15) is 5.10 Å². The summed E-state index contributed by atoms with van der Waals surface area (Å²) in [6.07, 6.45) is 8.57. The standard InChI is InChI=1S/C28H21FN8O/c1-14-6-16(8-18(29)7-14)20-4-5-31-26-24(20)34-27(35-26)25-21-10-22(32-13-23(21)36-37-25)17-9-19(12-30-11-17)33-28(38)15-2-3-15/h4-13,15H,2-3H2,1H3,(H,33,38)(H,36,37)(H,31,34,35). The van der Waals surface area contributed by atoms with E-state index in [1.54, 1.807) is 24.8 Å². The Labute approximate surface area is 215 Å². The molecule has 0 aliphatic heterocycles. The molecule has 5 heterocycles. The fraction of sp³-hybridized carbons (Fsp3) is 0.143. The van der Waals surface area contributed by atoms with E-state index >= 15 is 0 Å². The minimum Gasteiger partial charge on any atom is -0.335 e. The molecule has 186 valence electrons. The molecule has 1 aromatic carbocycles. The van der Waals surface area contributed by atoms with Crippen molar-refractivity contribution in [3.05, 3.63) is 72.6 Å². The van der Waals surface area contributed by atoms with Gasteiger partial charge in [0, 0.05) is 34.8 Å². The predicted molar refractivity (Wildman–Crippen MR) is 141 cm³/mol. The number of aromatic amines is 2. The van der Waals surface area contributed by atoms with Crippen molar-refractivity contribution in [2.24, 2.45) is 5.92 Å². The van der Waals surface area contributed by atoms with Crippen LogP contribution in [0.15, 0.2) is 61.2 Å². The van der Waals surface area contributed by atoms with Crippen LogP contribution >= 0.6 is 0 Å². The van der Waals surface area contributed by atoms with Crippen LogP contribution in [0.5, 0.6) is 0 Å². The quantitative estimate of drug-likeness (QED) is 0.288. The van der Waals surface area contributed by atoms with Gasteiger partial charge < -0.3 is 10.3 Å². The minimum absolute atomic E-state index is 0.0238. The van der Waals surface area contributed by atoms with Gasteiger partial charge in [-0.25, -0.2) is 14.4 Å². The summed E-state index contributed by atoms with van der Waals surface area (Å²) in [7, 11) is 0. The van der Waals surface area contributed by atoms with Crippen LogP contribution in [0.4, 0.5) is 10.1 Å². The number of hydrogen-bond acceptors (Lipinski definition) is 6. The van der Waals surface area contributed by atoms with Gasteiger partial charge in [0.15, 0.2) is 11.5 Å². The number of benzene rings is 1. The summed E-state index contributed by atoms with van der Waals surface area (Å²) < 4.78 is 14.1. The summed E-state index contributed by atoms with van der Waals surface area (Å²) >= 11 is 0. The second-order valence-electron chi connectivity index (χ2n) is 9.57. The lowest BCUT2D eigenvalue weighted by Gasteiger charge is -2.06. The maximum atomic E-state index is 14.1. The molecule has 1 fully saturated rings. The zero-order valence-electron chi connectivity index (χ0n) is 20.3. The number of carbonyl (C=O) groups is 1. The van der Waals surface area contributed by atoms with E-state index < -0.39 is 0 Å². The second kappa shape index (κ2) is 8.55. The first-order chi connectivity index (χ1) is 18.5. The van der Waals surface area contributed by atoms with E-state index in [4.69, 9.17) is 0 Å². The van der Waals surface area contributed by atoms with Crippen molar-refractivity contribution in [2.45, 2.75) is 19.8 Å². The number of amides is 1. The lowest BCUT2D eigenvalue weighted by atomic mass is 10.0. The third-order valence-corrected chi connectivity index (χ3v) is 6.67. The molecule has 1 aliphatic carbocycles. The van der Waals surface area contributed by atoms with E-state index in [9.17, 15) is 9.18 Å². The van der Waals surface area contributed by atoms with E-state index in [0.717, 1.165) is 46.0 Å². The minimum atomic E-state index is -0.298. The Hall–Kier alpha value is -4.99. The number of nitrogens with zero attached hydrogens (tertiary/aromatic N) is 5. The second-order valence-corrected chi connectivity index (χ2v) is 9.57. The third-order valence-electron chi connectivity index (χ3n) is 6.67. The number of aryl methyl sites for hydroxylation is 1. The van der Waals surface area contributed by atoms with Gasteiger partial charge in [0.25, 0.3) is 0 Å². The normalized spacial score (nSPS) is 13.3. The molecule has 0 spiro atoms. The maximum Gasteiger partial charge on any atom is 0.227 e. The monoisotopic (exact) mass is 504 g/mol. The predicted octanol–water partition coefficient (Wildman–Crippen LogP) is 5.42. The van der Waals surface area contributed by atoms with Crippen molar-refractivity contribution in [1.82, 2.24) is 35.1 Å². The zero-order chi connectivity index (χ0) is 25.8. The number of halogens is 1. The van der Waals surface area contributed by atoms with Crippen LogP contribution in [0, 0.1) is 18.7 Å². The molecule has 7 rings (SSSR count). The van der Waals surface area contributed by atoms with E-state index in [1.165, 1.54) is 12.1 Å². The van der Waals surface area contributed by atoms with Crippen LogP contribution < -0.4 is 5.32 Å². The van der Waals surface area contributed by atoms with E-state index in [2.05, 4.69) is 40.4 Å². The number of carbonyl (C=O) groups excluding carboxylic acids is 1. The van der Waals surface area contributed by atoms with Crippen LogP contribution in [-0.2, 0) is 4.79 Å². The molecule has 1 aliphatic rings. The van der Waals surface area contributed by atoms with Crippen molar-refractivity contribution in [3.63, 3.8) is 0 Å².